The summed E-state index contributed by atoms with van der Waals surface area (Å²) in [7, 11) is 1.64. The third-order valence-corrected chi connectivity index (χ3v) is 3.03. The molecule has 1 amide bonds. The highest BCUT2D eigenvalue weighted by Gasteiger charge is 2.23. The van der Waals surface area contributed by atoms with Crippen LogP contribution in [0.2, 0.25) is 0 Å². The molecule has 2 rings (SSSR count). The fourth-order valence-electron chi connectivity index (χ4n) is 2.09. The van der Waals surface area contributed by atoms with Crippen LogP contribution < -0.4 is 15.5 Å². The first kappa shape index (κ1) is 11.9. The molecule has 1 fully saturated rings. The number of amides is 1. The molecule has 5 heteroatoms. The first-order chi connectivity index (χ1) is 8.24. The number of rotatable bonds is 2. The second kappa shape index (κ2) is 5.14. The minimum atomic E-state index is -0.0844. The van der Waals surface area contributed by atoms with Gasteiger partial charge in [0.1, 0.15) is 5.82 Å². The van der Waals surface area contributed by atoms with Crippen LogP contribution in [0.3, 0.4) is 0 Å². The molecule has 5 nitrogen and oxygen atoms in total. The maximum Gasteiger partial charge on any atom is 0.254 e. The van der Waals surface area contributed by atoms with Gasteiger partial charge in [-0.15, -0.1) is 0 Å². The molecule has 0 saturated carbocycles. The lowest BCUT2D eigenvalue weighted by molar-refractivity contribution is 0.0963. The molecule has 0 spiro atoms. The number of hydrogen-bond acceptors (Lipinski definition) is 4. The highest BCUT2D eigenvalue weighted by Crippen LogP contribution is 2.20. The Morgan fingerprint density at radius 2 is 2.47 bits per heavy atom. The zero-order valence-corrected chi connectivity index (χ0v) is 10.2. The molecule has 92 valence electrons. The fourth-order valence-corrected chi connectivity index (χ4v) is 2.09. The van der Waals surface area contributed by atoms with E-state index in [0.717, 1.165) is 25.5 Å². The van der Waals surface area contributed by atoms with Gasteiger partial charge in [0.2, 0.25) is 0 Å². The average molecular weight is 234 g/mol. The number of piperazine rings is 1. The van der Waals surface area contributed by atoms with Gasteiger partial charge in [0.25, 0.3) is 5.91 Å². The van der Waals surface area contributed by atoms with Gasteiger partial charge in [-0.3, -0.25) is 4.79 Å². The lowest BCUT2D eigenvalue weighted by Gasteiger charge is -2.35. The molecule has 2 heterocycles. The summed E-state index contributed by atoms with van der Waals surface area (Å²) in [6.07, 6.45) is 1.73. The second-order valence-electron chi connectivity index (χ2n) is 4.20. The van der Waals surface area contributed by atoms with Crippen molar-refractivity contribution in [1.82, 2.24) is 15.6 Å². The van der Waals surface area contributed by atoms with Crippen molar-refractivity contribution in [3.05, 3.63) is 23.9 Å². The molecule has 1 atom stereocenters. The Hall–Kier alpha value is -1.62. The Morgan fingerprint density at radius 1 is 1.65 bits per heavy atom. The van der Waals surface area contributed by atoms with Crippen LogP contribution in [-0.4, -0.2) is 43.6 Å². The van der Waals surface area contributed by atoms with E-state index in [1.165, 1.54) is 0 Å². The van der Waals surface area contributed by atoms with Crippen molar-refractivity contribution in [3.8, 4) is 0 Å². The van der Waals surface area contributed by atoms with Crippen molar-refractivity contribution < 1.29 is 4.79 Å². The lowest BCUT2D eigenvalue weighted by atomic mass is 10.1. The van der Waals surface area contributed by atoms with E-state index in [0.29, 0.717) is 11.6 Å². The van der Waals surface area contributed by atoms with E-state index in [2.05, 4.69) is 27.4 Å². The summed E-state index contributed by atoms with van der Waals surface area (Å²) in [6.45, 7) is 4.86. The molecule has 0 aromatic carbocycles. The van der Waals surface area contributed by atoms with Crippen molar-refractivity contribution in [2.75, 3.05) is 31.6 Å². The maximum atomic E-state index is 11.8. The number of hydrogen-bond donors (Lipinski definition) is 2. The first-order valence-electron chi connectivity index (χ1n) is 5.88. The molecule has 17 heavy (non-hydrogen) atoms. The van der Waals surface area contributed by atoms with E-state index >= 15 is 0 Å². The molecule has 1 aromatic rings. The van der Waals surface area contributed by atoms with Gasteiger partial charge in [-0.1, -0.05) is 0 Å². The van der Waals surface area contributed by atoms with Crippen LogP contribution in [-0.2, 0) is 0 Å². The van der Waals surface area contributed by atoms with Crippen LogP contribution in [0.4, 0.5) is 5.82 Å². The topological polar surface area (TPSA) is 57.3 Å². The minimum Gasteiger partial charge on any atom is -0.355 e. The van der Waals surface area contributed by atoms with Gasteiger partial charge in [0, 0.05) is 38.9 Å². The van der Waals surface area contributed by atoms with Crippen LogP contribution in [0, 0.1) is 0 Å². The highest BCUT2D eigenvalue weighted by atomic mass is 16.1. The van der Waals surface area contributed by atoms with Gasteiger partial charge in [-0.2, -0.15) is 0 Å². The van der Waals surface area contributed by atoms with Gasteiger partial charge >= 0.3 is 0 Å². The smallest absolute Gasteiger partial charge is 0.254 e. The minimum absolute atomic E-state index is 0.0844. The molecule has 1 unspecified atom stereocenters. The molecular formula is C12H18N4O. The summed E-state index contributed by atoms with van der Waals surface area (Å²) in [5.41, 5.74) is 0.642. The van der Waals surface area contributed by atoms with Gasteiger partial charge in [-0.25, -0.2) is 4.98 Å². The summed E-state index contributed by atoms with van der Waals surface area (Å²) in [5, 5.41) is 5.98. The van der Waals surface area contributed by atoms with Crippen molar-refractivity contribution in [2.24, 2.45) is 0 Å². The summed E-state index contributed by atoms with van der Waals surface area (Å²) >= 11 is 0. The van der Waals surface area contributed by atoms with Crippen LogP contribution in [0.5, 0.6) is 0 Å². The number of pyridine rings is 1. The zero-order chi connectivity index (χ0) is 12.3. The number of anilines is 1. The number of carbonyl (C=O) groups is 1. The van der Waals surface area contributed by atoms with E-state index in [1.807, 2.05) is 6.07 Å². The van der Waals surface area contributed by atoms with E-state index in [4.69, 9.17) is 0 Å². The maximum absolute atomic E-state index is 11.8. The monoisotopic (exact) mass is 234 g/mol. The number of carbonyl (C=O) groups excluding carboxylic acids is 1. The Morgan fingerprint density at radius 3 is 3.18 bits per heavy atom. The number of nitrogens with zero attached hydrogens (tertiary/aromatic N) is 2. The van der Waals surface area contributed by atoms with E-state index in [1.54, 1.807) is 19.3 Å². The Balaban J connectivity index is 2.33. The largest absolute Gasteiger partial charge is 0.355 e. The Bertz CT molecular complexity index is 407. The van der Waals surface area contributed by atoms with Gasteiger partial charge in [-0.05, 0) is 19.1 Å². The molecule has 1 aromatic heterocycles. The standard InChI is InChI=1S/C12H18N4O/c1-9-8-14-6-7-16(9)11-10(12(17)13-2)4-3-5-15-11/h3-5,9,14H,6-8H2,1-2H3,(H,13,17). The quantitative estimate of drug-likeness (QED) is 0.769. The van der Waals surface area contributed by atoms with Crippen LogP contribution >= 0.6 is 0 Å². The van der Waals surface area contributed by atoms with Crippen LogP contribution in [0.1, 0.15) is 17.3 Å². The van der Waals surface area contributed by atoms with E-state index < -0.39 is 0 Å². The lowest BCUT2D eigenvalue weighted by Crippen LogP contribution is -2.50. The average Bonchev–Trinajstić information content (AvgIpc) is 2.38. The third-order valence-electron chi connectivity index (χ3n) is 3.03. The molecule has 0 aliphatic carbocycles. The summed E-state index contributed by atoms with van der Waals surface area (Å²) < 4.78 is 0. The molecule has 0 radical (unpaired) electrons. The normalized spacial score (nSPS) is 20.1. The van der Waals surface area contributed by atoms with Crippen LogP contribution in [0.15, 0.2) is 18.3 Å². The summed E-state index contributed by atoms with van der Waals surface area (Å²) in [6, 6.07) is 3.96. The number of nitrogens with one attached hydrogen (secondary N) is 2. The fraction of sp³-hybridized carbons (Fsp3) is 0.500. The van der Waals surface area contributed by atoms with Crippen molar-refractivity contribution in [2.45, 2.75) is 13.0 Å². The van der Waals surface area contributed by atoms with Gasteiger partial charge < -0.3 is 15.5 Å². The molecule has 1 aliphatic rings. The number of aromatic nitrogens is 1. The molecule has 1 aliphatic heterocycles. The van der Waals surface area contributed by atoms with E-state index in [9.17, 15) is 4.79 Å². The molecular weight excluding hydrogens is 216 g/mol. The molecule has 1 saturated heterocycles. The van der Waals surface area contributed by atoms with Gasteiger partial charge in [0.15, 0.2) is 0 Å². The molecule has 2 N–H and O–H groups in total. The summed E-state index contributed by atoms with van der Waals surface area (Å²) in [5.74, 6) is 0.694. The third kappa shape index (κ3) is 2.39. The van der Waals surface area contributed by atoms with Gasteiger partial charge in [0.05, 0.1) is 5.56 Å². The van der Waals surface area contributed by atoms with E-state index in [-0.39, 0.29) is 5.91 Å². The first-order valence-corrected chi connectivity index (χ1v) is 5.88. The predicted molar refractivity (Wildman–Crippen MR) is 67.3 cm³/mol. The predicted octanol–water partition coefficient (Wildman–Crippen LogP) is 0.239. The highest BCUT2D eigenvalue weighted by molar-refractivity contribution is 5.98. The zero-order valence-electron chi connectivity index (χ0n) is 10.2. The SMILES string of the molecule is CNC(=O)c1cccnc1N1CCNCC1C. The molecule has 0 bridgehead atoms. The van der Waals surface area contributed by atoms with Crippen molar-refractivity contribution in [3.63, 3.8) is 0 Å². The second-order valence-corrected chi connectivity index (χ2v) is 4.20. The van der Waals surface area contributed by atoms with Crippen molar-refractivity contribution in [1.29, 1.82) is 0 Å². The Kier molecular flexibility index (Phi) is 3.58. The summed E-state index contributed by atoms with van der Waals surface area (Å²) in [4.78, 5) is 18.3. The Labute approximate surface area is 101 Å². The van der Waals surface area contributed by atoms with Crippen LogP contribution in [0.25, 0.3) is 0 Å². The van der Waals surface area contributed by atoms with Crippen molar-refractivity contribution >= 4 is 11.7 Å².